The normalized spacial score (nSPS) is 10.8. The van der Waals surface area contributed by atoms with E-state index in [2.05, 4.69) is 25.2 Å². The Kier molecular flexibility index (Phi) is 3.16. The molecule has 0 saturated heterocycles. The van der Waals surface area contributed by atoms with Crippen LogP contribution in [-0.4, -0.2) is 29.9 Å². The van der Waals surface area contributed by atoms with Gasteiger partial charge in [0.15, 0.2) is 0 Å². The molecule has 7 nitrogen and oxygen atoms in total. The van der Waals surface area contributed by atoms with Crippen LogP contribution in [0, 0.1) is 6.92 Å². The van der Waals surface area contributed by atoms with Crippen molar-refractivity contribution >= 4 is 0 Å². The molecule has 0 amide bonds. The van der Waals surface area contributed by atoms with Gasteiger partial charge in [-0.15, -0.1) is 0 Å². The molecule has 0 N–H and O–H groups in total. The second kappa shape index (κ2) is 5.45. The molecular weight excluding hydrogens is 292 g/mol. The van der Waals surface area contributed by atoms with Gasteiger partial charge in [0, 0.05) is 24.9 Å². The van der Waals surface area contributed by atoms with Crippen LogP contribution in [0.4, 0.5) is 0 Å². The van der Waals surface area contributed by atoms with Crippen molar-refractivity contribution in [1.29, 1.82) is 0 Å². The molecule has 0 aliphatic carbocycles. The lowest BCUT2D eigenvalue weighted by Crippen LogP contribution is -1.93. The van der Waals surface area contributed by atoms with Gasteiger partial charge < -0.3 is 4.52 Å². The average Bonchev–Trinajstić information content (AvgIpc) is 3.25. The van der Waals surface area contributed by atoms with Crippen molar-refractivity contribution in [3.05, 3.63) is 61.0 Å². The quantitative estimate of drug-likeness (QED) is 0.578. The standard InChI is InChI=1S/C16H12N6O/c1-11-19-16(21-23-11)15-6-2-5-14(20-15)12-8-18-22(10-12)13-4-3-7-17-9-13/h2-10H,1H3. The zero-order valence-electron chi connectivity index (χ0n) is 12.3. The van der Waals surface area contributed by atoms with E-state index in [1.54, 1.807) is 30.2 Å². The zero-order valence-corrected chi connectivity index (χ0v) is 12.3. The maximum absolute atomic E-state index is 5.00. The van der Waals surface area contributed by atoms with Crippen molar-refractivity contribution < 1.29 is 4.52 Å². The van der Waals surface area contributed by atoms with Crippen molar-refractivity contribution in [2.75, 3.05) is 0 Å². The molecule has 0 aliphatic heterocycles. The van der Waals surface area contributed by atoms with E-state index in [0.717, 1.165) is 16.9 Å². The highest BCUT2D eigenvalue weighted by Gasteiger charge is 2.10. The van der Waals surface area contributed by atoms with E-state index in [1.165, 1.54) is 0 Å². The fourth-order valence-electron chi connectivity index (χ4n) is 2.21. The summed E-state index contributed by atoms with van der Waals surface area (Å²) in [5.41, 5.74) is 3.24. The molecule has 0 bridgehead atoms. The maximum Gasteiger partial charge on any atom is 0.223 e. The fraction of sp³-hybridized carbons (Fsp3) is 0.0625. The Balaban J connectivity index is 1.70. The molecule has 0 spiro atoms. The smallest absolute Gasteiger partial charge is 0.223 e. The third-order valence-corrected chi connectivity index (χ3v) is 3.29. The summed E-state index contributed by atoms with van der Waals surface area (Å²) in [6.07, 6.45) is 7.15. The largest absolute Gasteiger partial charge is 0.339 e. The van der Waals surface area contributed by atoms with E-state index in [-0.39, 0.29) is 0 Å². The second-order valence-corrected chi connectivity index (χ2v) is 4.93. The van der Waals surface area contributed by atoms with Crippen LogP contribution >= 0.6 is 0 Å². The first-order valence-corrected chi connectivity index (χ1v) is 7.03. The van der Waals surface area contributed by atoms with E-state index in [0.29, 0.717) is 17.4 Å². The Bertz CT molecular complexity index is 944. The fourth-order valence-corrected chi connectivity index (χ4v) is 2.21. The molecule has 4 aromatic heterocycles. The number of pyridine rings is 2. The Morgan fingerprint density at radius 2 is 1.91 bits per heavy atom. The van der Waals surface area contributed by atoms with Gasteiger partial charge in [0.05, 0.1) is 23.8 Å². The van der Waals surface area contributed by atoms with Gasteiger partial charge >= 0.3 is 0 Å². The average molecular weight is 304 g/mol. The Morgan fingerprint density at radius 3 is 2.70 bits per heavy atom. The summed E-state index contributed by atoms with van der Waals surface area (Å²) < 4.78 is 6.76. The van der Waals surface area contributed by atoms with Crippen LogP contribution < -0.4 is 0 Å². The number of hydrogen-bond donors (Lipinski definition) is 0. The lowest BCUT2D eigenvalue weighted by atomic mass is 10.2. The van der Waals surface area contributed by atoms with E-state index in [9.17, 15) is 0 Å². The van der Waals surface area contributed by atoms with Crippen LogP contribution in [0.5, 0.6) is 0 Å². The predicted octanol–water partition coefficient (Wildman–Crippen LogP) is 2.69. The van der Waals surface area contributed by atoms with Crippen LogP contribution in [0.3, 0.4) is 0 Å². The van der Waals surface area contributed by atoms with Crippen LogP contribution in [0.25, 0.3) is 28.5 Å². The van der Waals surface area contributed by atoms with Gasteiger partial charge in [0.25, 0.3) is 0 Å². The molecule has 0 radical (unpaired) electrons. The summed E-state index contributed by atoms with van der Waals surface area (Å²) in [5.74, 6) is 0.987. The molecule has 0 unspecified atom stereocenters. The summed E-state index contributed by atoms with van der Waals surface area (Å²) in [6.45, 7) is 1.75. The molecule has 0 atom stereocenters. The molecule has 112 valence electrons. The Morgan fingerprint density at radius 1 is 1.00 bits per heavy atom. The summed E-state index contributed by atoms with van der Waals surface area (Å²) in [4.78, 5) is 12.9. The van der Waals surface area contributed by atoms with Gasteiger partial charge in [-0.1, -0.05) is 11.2 Å². The number of hydrogen-bond acceptors (Lipinski definition) is 6. The molecule has 0 saturated carbocycles. The van der Waals surface area contributed by atoms with Gasteiger partial charge in [0.2, 0.25) is 11.7 Å². The van der Waals surface area contributed by atoms with E-state index >= 15 is 0 Å². The minimum absolute atomic E-state index is 0.476. The van der Waals surface area contributed by atoms with Gasteiger partial charge in [-0.05, 0) is 24.3 Å². The highest BCUT2D eigenvalue weighted by molar-refractivity contribution is 5.61. The first-order valence-electron chi connectivity index (χ1n) is 7.03. The molecule has 4 aromatic rings. The Labute approximate surface area is 131 Å². The summed E-state index contributed by atoms with van der Waals surface area (Å²) >= 11 is 0. The molecular formula is C16H12N6O. The molecule has 4 heterocycles. The van der Waals surface area contributed by atoms with Crippen LogP contribution in [0.2, 0.25) is 0 Å². The summed E-state index contributed by atoms with van der Waals surface area (Å²) in [7, 11) is 0. The molecule has 23 heavy (non-hydrogen) atoms. The Hall–Kier alpha value is -3.35. The molecule has 0 aliphatic rings. The van der Waals surface area contributed by atoms with Gasteiger partial charge in [-0.2, -0.15) is 10.1 Å². The number of rotatable bonds is 3. The topological polar surface area (TPSA) is 82.5 Å². The lowest BCUT2D eigenvalue weighted by Gasteiger charge is -2.00. The first kappa shape index (κ1) is 13.3. The van der Waals surface area contributed by atoms with E-state index in [4.69, 9.17) is 4.52 Å². The zero-order chi connectivity index (χ0) is 15.6. The minimum Gasteiger partial charge on any atom is -0.339 e. The van der Waals surface area contributed by atoms with Gasteiger partial charge in [-0.25, -0.2) is 9.67 Å². The van der Waals surface area contributed by atoms with Crippen molar-refractivity contribution in [2.24, 2.45) is 0 Å². The van der Waals surface area contributed by atoms with Crippen LogP contribution in [0.1, 0.15) is 5.89 Å². The van der Waals surface area contributed by atoms with Gasteiger partial charge in [0.1, 0.15) is 5.69 Å². The minimum atomic E-state index is 0.476. The molecule has 7 heteroatoms. The third kappa shape index (κ3) is 2.59. The van der Waals surface area contributed by atoms with Crippen LogP contribution in [0.15, 0.2) is 59.6 Å². The SMILES string of the molecule is Cc1nc(-c2cccc(-c3cnn(-c4cccnc4)c3)n2)no1. The van der Waals surface area contributed by atoms with E-state index < -0.39 is 0 Å². The molecule has 4 rings (SSSR count). The highest BCUT2D eigenvalue weighted by atomic mass is 16.5. The summed E-state index contributed by atoms with van der Waals surface area (Å²) in [5, 5.41) is 8.25. The maximum atomic E-state index is 5.00. The van der Waals surface area contributed by atoms with Crippen LogP contribution in [-0.2, 0) is 0 Å². The summed E-state index contributed by atoms with van der Waals surface area (Å²) in [6, 6.07) is 9.48. The monoisotopic (exact) mass is 304 g/mol. The predicted molar refractivity (Wildman–Crippen MR) is 82.6 cm³/mol. The van der Waals surface area contributed by atoms with Gasteiger partial charge in [-0.3, -0.25) is 4.98 Å². The lowest BCUT2D eigenvalue weighted by molar-refractivity contribution is 0.394. The number of aromatic nitrogens is 6. The second-order valence-electron chi connectivity index (χ2n) is 4.93. The first-order chi connectivity index (χ1) is 11.3. The number of nitrogens with zero attached hydrogens (tertiary/aromatic N) is 6. The highest BCUT2D eigenvalue weighted by Crippen LogP contribution is 2.21. The van der Waals surface area contributed by atoms with Crippen molar-refractivity contribution in [1.82, 2.24) is 29.9 Å². The number of aryl methyl sites for hydroxylation is 1. The van der Waals surface area contributed by atoms with Crippen molar-refractivity contribution in [3.63, 3.8) is 0 Å². The molecule has 0 fully saturated rings. The van der Waals surface area contributed by atoms with E-state index in [1.807, 2.05) is 36.5 Å². The van der Waals surface area contributed by atoms with Crippen molar-refractivity contribution in [3.8, 4) is 28.5 Å². The molecule has 0 aromatic carbocycles. The van der Waals surface area contributed by atoms with Crippen molar-refractivity contribution in [2.45, 2.75) is 6.92 Å². The third-order valence-electron chi connectivity index (χ3n) is 3.29.